The zero-order valence-corrected chi connectivity index (χ0v) is 6.98. The van der Waals surface area contributed by atoms with Crippen molar-refractivity contribution in [2.75, 3.05) is 6.54 Å². The summed E-state index contributed by atoms with van der Waals surface area (Å²) in [6.45, 7) is 4.31. The number of hydrogen-bond donors (Lipinski definition) is 1. The number of rotatable bonds is 3. The van der Waals surface area contributed by atoms with Crippen molar-refractivity contribution >= 4 is 5.91 Å². The van der Waals surface area contributed by atoms with Crippen molar-refractivity contribution < 1.29 is 4.79 Å². The molecule has 0 aliphatic rings. The summed E-state index contributed by atoms with van der Waals surface area (Å²) in [4.78, 5) is 10.9. The van der Waals surface area contributed by atoms with Gasteiger partial charge in [-0.2, -0.15) is 0 Å². The van der Waals surface area contributed by atoms with Crippen LogP contribution in [0.25, 0.3) is 0 Å². The molecule has 0 atom stereocenters. The van der Waals surface area contributed by atoms with E-state index in [0.717, 1.165) is 5.57 Å². The Morgan fingerprint density at radius 3 is 2.73 bits per heavy atom. The second-order valence-corrected chi connectivity index (χ2v) is 2.47. The number of hydrogen-bond acceptors (Lipinski definition) is 1. The van der Waals surface area contributed by atoms with Crippen LogP contribution in [-0.4, -0.2) is 12.5 Å². The molecule has 0 radical (unpaired) electrons. The van der Waals surface area contributed by atoms with Crippen LogP contribution < -0.4 is 5.32 Å². The highest BCUT2D eigenvalue weighted by Crippen LogP contribution is 1.86. The van der Waals surface area contributed by atoms with Crippen LogP contribution in [0.15, 0.2) is 11.6 Å². The fraction of sp³-hybridized carbons (Fsp3) is 0.444. The monoisotopic (exact) mass is 151 g/mol. The van der Waals surface area contributed by atoms with Crippen molar-refractivity contribution in [2.24, 2.45) is 0 Å². The van der Waals surface area contributed by atoms with Crippen LogP contribution in [0, 0.1) is 12.3 Å². The van der Waals surface area contributed by atoms with Gasteiger partial charge in [0.05, 0.1) is 0 Å². The molecule has 0 saturated carbocycles. The molecule has 0 unspecified atom stereocenters. The molecule has 0 aliphatic heterocycles. The molecule has 11 heavy (non-hydrogen) atoms. The highest BCUT2D eigenvalue weighted by atomic mass is 16.1. The third-order valence-corrected chi connectivity index (χ3v) is 0.988. The van der Waals surface area contributed by atoms with E-state index in [-0.39, 0.29) is 5.91 Å². The van der Waals surface area contributed by atoms with Crippen molar-refractivity contribution in [1.29, 1.82) is 0 Å². The van der Waals surface area contributed by atoms with Crippen LogP contribution in [0.2, 0.25) is 0 Å². The third kappa shape index (κ3) is 6.66. The van der Waals surface area contributed by atoms with Crippen LogP contribution in [0.5, 0.6) is 0 Å². The van der Waals surface area contributed by atoms with Gasteiger partial charge in [-0.15, -0.1) is 12.3 Å². The minimum Gasteiger partial charge on any atom is -0.352 e. The molecule has 0 aromatic heterocycles. The smallest absolute Gasteiger partial charge is 0.243 e. The number of allylic oxidation sites excluding steroid dienone is 1. The maximum Gasteiger partial charge on any atom is 0.243 e. The van der Waals surface area contributed by atoms with E-state index in [1.807, 2.05) is 13.8 Å². The standard InChI is InChI=1S/C9H13NO/c1-4-5-6-10-9(11)7-8(2)3/h1,7H,5-6H2,2-3H3,(H,10,11). The summed E-state index contributed by atoms with van der Waals surface area (Å²) in [5.74, 6) is 2.37. The first-order chi connectivity index (χ1) is 5.16. The van der Waals surface area contributed by atoms with E-state index >= 15 is 0 Å². The van der Waals surface area contributed by atoms with E-state index in [9.17, 15) is 4.79 Å². The fourth-order valence-corrected chi connectivity index (χ4v) is 0.571. The lowest BCUT2D eigenvalue weighted by atomic mass is 10.3. The Morgan fingerprint density at radius 2 is 2.27 bits per heavy atom. The van der Waals surface area contributed by atoms with Crippen molar-refractivity contribution in [3.63, 3.8) is 0 Å². The summed E-state index contributed by atoms with van der Waals surface area (Å²) in [5.41, 5.74) is 0.989. The van der Waals surface area contributed by atoms with Crippen LogP contribution >= 0.6 is 0 Å². The van der Waals surface area contributed by atoms with Gasteiger partial charge in [0.25, 0.3) is 0 Å². The van der Waals surface area contributed by atoms with Crippen molar-refractivity contribution in [2.45, 2.75) is 20.3 Å². The molecule has 0 rings (SSSR count). The second-order valence-electron chi connectivity index (χ2n) is 2.47. The van der Waals surface area contributed by atoms with Gasteiger partial charge in [0.15, 0.2) is 0 Å². The van der Waals surface area contributed by atoms with Gasteiger partial charge < -0.3 is 5.32 Å². The van der Waals surface area contributed by atoms with Crippen LogP contribution in [0.1, 0.15) is 20.3 Å². The molecule has 0 saturated heterocycles. The summed E-state index contributed by atoms with van der Waals surface area (Å²) in [6, 6.07) is 0. The lowest BCUT2D eigenvalue weighted by Crippen LogP contribution is -2.21. The normalized spacial score (nSPS) is 8.09. The zero-order chi connectivity index (χ0) is 8.69. The fourth-order valence-electron chi connectivity index (χ4n) is 0.571. The first-order valence-electron chi connectivity index (χ1n) is 3.53. The summed E-state index contributed by atoms with van der Waals surface area (Å²) in [5, 5.41) is 2.66. The molecule has 0 aromatic carbocycles. The van der Waals surface area contributed by atoms with Crippen molar-refractivity contribution in [3.8, 4) is 12.3 Å². The largest absolute Gasteiger partial charge is 0.352 e. The summed E-state index contributed by atoms with van der Waals surface area (Å²) in [7, 11) is 0. The number of terminal acetylenes is 1. The quantitative estimate of drug-likeness (QED) is 0.365. The SMILES string of the molecule is C#CCCNC(=O)C=C(C)C. The maximum atomic E-state index is 10.9. The lowest BCUT2D eigenvalue weighted by Gasteiger charge is -1.97. The van der Waals surface area contributed by atoms with Gasteiger partial charge in [-0.3, -0.25) is 4.79 Å². The topological polar surface area (TPSA) is 29.1 Å². The molecule has 2 heteroatoms. The highest BCUT2D eigenvalue weighted by molar-refractivity contribution is 5.87. The Kier molecular flexibility index (Phi) is 4.93. The molecule has 1 N–H and O–H groups in total. The number of carbonyl (C=O) groups excluding carboxylic acids is 1. The van der Waals surface area contributed by atoms with Crippen LogP contribution in [0.4, 0.5) is 0 Å². The predicted molar refractivity (Wildman–Crippen MR) is 45.9 cm³/mol. The molecule has 1 amide bonds. The van der Waals surface area contributed by atoms with E-state index in [1.54, 1.807) is 6.08 Å². The molecule has 0 aromatic rings. The summed E-state index contributed by atoms with van der Waals surface area (Å²) >= 11 is 0. The van der Waals surface area contributed by atoms with E-state index in [2.05, 4.69) is 11.2 Å². The van der Waals surface area contributed by atoms with E-state index in [0.29, 0.717) is 13.0 Å². The van der Waals surface area contributed by atoms with E-state index in [4.69, 9.17) is 6.42 Å². The first-order valence-corrected chi connectivity index (χ1v) is 3.53. The molecule has 0 bridgehead atoms. The Bertz CT molecular complexity index is 194. The van der Waals surface area contributed by atoms with E-state index < -0.39 is 0 Å². The number of carbonyl (C=O) groups is 1. The minimum atomic E-state index is -0.0692. The van der Waals surface area contributed by atoms with Crippen molar-refractivity contribution in [1.82, 2.24) is 5.32 Å². The minimum absolute atomic E-state index is 0.0692. The molecule has 2 nitrogen and oxygen atoms in total. The molecule has 0 heterocycles. The molecular weight excluding hydrogens is 138 g/mol. The summed E-state index contributed by atoms with van der Waals surface area (Å²) in [6.07, 6.45) is 7.14. The molecule has 0 fully saturated rings. The van der Waals surface area contributed by atoms with Gasteiger partial charge in [-0.1, -0.05) is 5.57 Å². The number of nitrogens with one attached hydrogen (secondary N) is 1. The van der Waals surface area contributed by atoms with Gasteiger partial charge in [0.2, 0.25) is 5.91 Å². The van der Waals surface area contributed by atoms with Gasteiger partial charge in [-0.25, -0.2) is 0 Å². The maximum absolute atomic E-state index is 10.9. The van der Waals surface area contributed by atoms with Gasteiger partial charge in [0.1, 0.15) is 0 Å². The molecular formula is C9H13NO. The Morgan fingerprint density at radius 1 is 1.64 bits per heavy atom. The predicted octanol–water partition coefficient (Wildman–Crippen LogP) is 1.09. The average molecular weight is 151 g/mol. The van der Waals surface area contributed by atoms with E-state index in [1.165, 1.54) is 0 Å². The highest BCUT2D eigenvalue weighted by Gasteiger charge is 1.92. The first kappa shape index (κ1) is 9.77. The van der Waals surface area contributed by atoms with Gasteiger partial charge in [-0.05, 0) is 13.8 Å². The summed E-state index contributed by atoms with van der Waals surface area (Å²) < 4.78 is 0. The Balaban J connectivity index is 3.56. The van der Waals surface area contributed by atoms with Crippen LogP contribution in [-0.2, 0) is 4.79 Å². The lowest BCUT2D eigenvalue weighted by molar-refractivity contribution is -0.116. The number of amides is 1. The zero-order valence-electron chi connectivity index (χ0n) is 6.98. The average Bonchev–Trinajstić information content (AvgIpc) is 1.86. The van der Waals surface area contributed by atoms with Gasteiger partial charge >= 0.3 is 0 Å². The Labute approximate surface area is 67.7 Å². The second kappa shape index (κ2) is 5.55. The Hall–Kier alpha value is -1.23. The molecule has 60 valence electrons. The van der Waals surface area contributed by atoms with Crippen LogP contribution in [0.3, 0.4) is 0 Å². The van der Waals surface area contributed by atoms with Gasteiger partial charge in [0, 0.05) is 19.0 Å². The van der Waals surface area contributed by atoms with Crippen molar-refractivity contribution in [3.05, 3.63) is 11.6 Å². The molecule has 0 aliphatic carbocycles. The molecule has 0 spiro atoms. The third-order valence-electron chi connectivity index (χ3n) is 0.988.